The van der Waals surface area contributed by atoms with Crippen LogP contribution < -0.4 is 10.1 Å². The third kappa shape index (κ3) is 3.61. The average molecular weight is 287 g/mol. The monoisotopic (exact) mass is 287 g/mol. The van der Waals surface area contributed by atoms with Crippen LogP contribution in [0.3, 0.4) is 0 Å². The van der Waals surface area contributed by atoms with Crippen molar-refractivity contribution in [2.45, 2.75) is 33.4 Å². The maximum absolute atomic E-state index is 13.7. The Morgan fingerprint density at radius 2 is 1.95 bits per heavy atom. The predicted octanol–water partition coefficient (Wildman–Crippen LogP) is 4.30. The first-order valence-corrected chi connectivity index (χ1v) is 7.15. The number of ether oxygens (including phenoxy) is 1. The largest absolute Gasteiger partial charge is 0.494 e. The number of nitrogens with one attached hydrogen (secondary N) is 1. The molecule has 0 bridgehead atoms. The Kier molecular flexibility index (Phi) is 4.97. The summed E-state index contributed by atoms with van der Waals surface area (Å²) in [5.74, 6) is -0.0455. The van der Waals surface area contributed by atoms with E-state index in [-0.39, 0.29) is 17.6 Å². The zero-order valence-electron chi connectivity index (χ0n) is 13.0. The molecular formula is C18H22FNO. The molecule has 0 saturated heterocycles. The summed E-state index contributed by atoms with van der Waals surface area (Å²) in [6, 6.07) is 11.5. The van der Waals surface area contributed by atoms with Crippen LogP contribution in [-0.2, 0) is 6.54 Å². The minimum Gasteiger partial charge on any atom is -0.494 e. The number of rotatable bonds is 5. The summed E-state index contributed by atoms with van der Waals surface area (Å²) in [7, 11) is 1.47. The molecule has 1 unspecified atom stereocenters. The van der Waals surface area contributed by atoms with Crippen molar-refractivity contribution in [3.05, 3.63) is 64.5 Å². The molecule has 0 radical (unpaired) electrons. The molecule has 0 aromatic heterocycles. The van der Waals surface area contributed by atoms with E-state index in [0.29, 0.717) is 0 Å². The fourth-order valence-electron chi connectivity index (χ4n) is 2.34. The van der Waals surface area contributed by atoms with Gasteiger partial charge in [-0.05, 0) is 55.2 Å². The SMILES string of the molecule is COc1ccc(C(C)NCc2cccc(C)c2C)cc1F. The molecule has 0 aliphatic rings. The molecule has 1 atom stereocenters. The lowest BCUT2D eigenvalue weighted by Gasteiger charge is -2.17. The second kappa shape index (κ2) is 6.72. The van der Waals surface area contributed by atoms with Gasteiger partial charge in [-0.1, -0.05) is 24.3 Å². The van der Waals surface area contributed by atoms with Crippen LogP contribution in [0.1, 0.15) is 35.2 Å². The molecule has 0 fully saturated rings. The Hall–Kier alpha value is -1.87. The molecule has 3 heteroatoms. The van der Waals surface area contributed by atoms with E-state index in [1.54, 1.807) is 6.07 Å². The molecule has 1 N–H and O–H groups in total. The van der Waals surface area contributed by atoms with Crippen molar-refractivity contribution in [2.75, 3.05) is 7.11 Å². The fourth-order valence-corrected chi connectivity index (χ4v) is 2.34. The van der Waals surface area contributed by atoms with Gasteiger partial charge in [0.25, 0.3) is 0 Å². The van der Waals surface area contributed by atoms with Crippen molar-refractivity contribution in [1.29, 1.82) is 0 Å². The summed E-state index contributed by atoms with van der Waals surface area (Å²) in [5, 5.41) is 3.44. The molecule has 112 valence electrons. The predicted molar refractivity (Wildman–Crippen MR) is 84.1 cm³/mol. The van der Waals surface area contributed by atoms with Gasteiger partial charge in [-0.2, -0.15) is 0 Å². The van der Waals surface area contributed by atoms with Gasteiger partial charge in [0.2, 0.25) is 0 Å². The highest BCUT2D eigenvalue weighted by atomic mass is 19.1. The minimum atomic E-state index is -0.324. The Bertz CT molecular complexity index is 625. The summed E-state index contributed by atoms with van der Waals surface area (Å²) in [5.41, 5.74) is 4.78. The molecule has 2 aromatic rings. The van der Waals surface area contributed by atoms with Gasteiger partial charge < -0.3 is 10.1 Å². The highest BCUT2D eigenvalue weighted by Crippen LogP contribution is 2.22. The lowest BCUT2D eigenvalue weighted by Crippen LogP contribution is -2.19. The Morgan fingerprint density at radius 3 is 2.62 bits per heavy atom. The average Bonchev–Trinajstić information content (AvgIpc) is 2.48. The van der Waals surface area contributed by atoms with E-state index in [0.717, 1.165) is 12.1 Å². The number of halogens is 1. The first kappa shape index (κ1) is 15.5. The van der Waals surface area contributed by atoms with Gasteiger partial charge in [-0.15, -0.1) is 0 Å². The number of aryl methyl sites for hydroxylation is 1. The highest BCUT2D eigenvalue weighted by Gasteiger charge is 2.10. The zero-order chi connectivity index (χ0) is 15.4. The number of hydrogen-bond acceptors (Lipinski definition) is 2. The van der Waals surface area contributed by atoms with Gasteiger partial charge in [0.05, 0.1) is 7.11 Å². The van der Waals surface area contributed by atoms with E-state index in [4.69, 9.17) is 4.74 Å². The second-order valence-corrected chi connectivity index (χ2v) is 5.36. The van der Waals surface area contributed by atoms with Gasteiger partial charge in [0, 0.05) is 12.6 Å². The molecule has 0 heterocycles. The maximum Gasteiger partial charge on any atom is 0.165 e. The van der Waals surface area contributed by atoms with E-state index in [2.05, 4.69) is 37.4 Å². The molecule has 0 aliphatic heterocycles. The normalized spacial score (nSPS) is 12.2. The van der Waals surface area contributed by atoms with Gasteiger partial charge >= 0.3 is 0 Å². The van der Waals surface area contributed by atoms with Gasteiger partial charge in [0.1, 0.15) is 0 Å². The van der Waals surface area contributed by atoms with Crippen LogP contribution in [0, 0.1) is 19.7 Å². The van der Waals surface area contributed by atoms with Gasteiger partial charge in [0.15, 0.2) is 11.6 Å². The summed E-state index contributed by atoms with van der Waals surface area (Å²) in [4.78, 5) is 0. The molecule has 21 heavy (non-hydrogen) atoms. The van der Waals surface area contributed by atoms with Gasteiger partial charge in [-0.3, -0.25) is 0 Å². The van der Waals surface area contributed by atoms with Crippen molar-refractivity contribution >= 4 is 0 Å². The van der Waals surface area contributed by atoms with Crippen LogP contribution in [0.25, 0.3) is 0 Å². The van der Waals surface area contributed by atoms with Crippen LogP contribution in [0.15, 0.2) is 36.4 Å². The van der Waals surface area contributed by atoms with Crippen LogP contribution in [0.2, 0.25) is 0 Å². The van der Waals surface area contributed by atoms with Crippen molar-refractivity contribution in [3.8, 4) is 5.75 Å². The molecule has 2 nitrogen and oxygen atoms in total. The quantitative estimate of drug-likeness (QED) is 0.885. The standard InChI is InChI=1S/C18H22FNO/c1-12-6-5-7-16(13(12)2)11-20-14(3)15-8-9-18(21-4)17(19)10-15/h5-10,14,20H,11H2,1-4H3. The lowest BCUT2D eigenvalue weighted by atomic mass is 10.0. The van der Waals surface area contributed by atoms with Crippen molar-refractivity contribution in [2.24, 2.45) is 0 Å². The zero-order valence-corrected chi connectivity index (χ0v) is 13.0. The molecule has 0 amide bonds. The summed E-state index contributed by atoms with van der Waals surface area (Å²) in [6.45, 7) is 7.04. The van der Waals surface area contributed by atoms with E-state index >= 15 is 0 Å². The Morgan fingerprint density at radius 1 is 1.19 bits per heavy atom. The van der Waals surface area contributed by atoms with Crippen LogP contribution in [0.5, 0.6) is 5.75 Å². The summed E-state index contributed by atoms with van der Waals surface area (Å²) in [6.07, 6.45) is 0. The minimum absolute atomic E-state index is 0.0744. The molecule has 0 saturated carbocycles. The van der Waals surface area contributed by atoms with Gasteiger partial charge in [-0.25, -0.2) is 4.39 Å². The molecule has 0 aliphatic carbocycles. The number of methoxy groups -OCH3 is 1. The Labute approximate surface area is 126 Å². The number of hydrogen-bond donors (Lipinski definition) is 1. The van der Waals surface area contributed by atoms with Crippen LogP contribution >= 0.6 is 0 Å². The fraction of sp³-hybridized carbons (Fsp3) is 0.333. The smallest absolute Gasteiger partial charge is 0.165 e. The first-order chi connectivity index (χ1) is 10.0. The maximum atomic E-state index is 13.7. The molecule has 0 spiro atoms. The summed E-state index contributed by atoms with van der Waals surface area (Å²) < 4.78 is 18.7. The van der Waals surface area contributed by atoms with E-state index in [1.165, 1.54) is 29.9 Å². The highest BCUT2D eigenvalue weighted by molar-refractivity contribution is 5.34. The number of benzene rings is 2. The Balaban J connectivity index is 2.06. The van der Waals surface area contributed by atoms with Crippen LogP contribution in [0.4, 0.5) is 4.39 Å². The summed E-state index contributed by atoms with van der Waals surface area (Å²) >= 11 is 0. The van der Waals surface area contributed by atoms with Crippen molar-refractivity contribution in [3.63, 3.8) is 0 Å². The second-order valence-electron chi connectivity index (χ2n) is 5.36. The molecular weight excluding hydrogens is 265 g/mol. The van der Waals surface area contributed by atoms with E-state index < -0.39 is 0 Å². The van der Waals surface area contributed by atoms with E-state index in [9.17, 15) is 4.39 Å². The van der Waals surface area contributed by atoms with Crippen LogP contribution in [-0.4, -0.2) is 7.11 Å². The third-order valence-electron chi connectivity index (χ3n) is 3.99. The topological polar surface area (TPSA) is 21.3 Å². The molecule has 2 rings (SSSR count). The first-order valence-electron chi connectivity index (χ1n) is 7.15. The lowest BCUT2D eigenvalue weighted by molar-refractivity contribution is 0.385. The van der Waals surface area contributed by atoms with Crippen molar-refractivity contribution in [1.82, 2.24) is 5.32 Å². The molecule has 2 aromatic carbocycles. The van der Waals surface area contributed by atoms with Crippen molar-refractivity contribution < 1.29 is 9.13 Å². The van der Waals surface area contributed by atoms with E-state index in [1.807, 2.05) is 13.0 Å². The third-order valence-corrected chi connectivity index (χ3v) is 3.99.